The fourth-order valence-corrected chi connectivity index (χ4v) is 1.36. The summed E-state index contributed by atoms with van der Waals surface area (Å²) in [6, 6.07) is 5.70. The topological polar surface area (TPSA) is 45.8 Å². The Morgan fingerprint density at radius 1 is 1.33 bits per heavy atom. The molecular weight excluding hydrogens is 195 g/mol. The molecule has 0 saturated carbocycles. The van der Waals surface area contributed by atoms with E-state index in [1.54, 1.807) is 6.07 Å². The van der Waals surface area contributed by atoms with Crippen LogP contribution in [-0.4, -0.2) is 9.97 Å². The molecule has 0 fully saturated rings. The first-order chi connectivity index (χ1) is 7.16. The van der Waals surface area contributed by atoms with Crippen molar-refractivity contribution in [1.29, 1.82) is 0 Å². The maximum Gasteiger partial charge on any atom is 0.251 e. The summed E-state index contributed by atoms with van der Waals surface area (Å²) in [4.78, 5) is 17.6. The SMILES string of the molecule is Cc1ccc(F)cc1-c1nccc(=O)[nH]1. The maximum atomic E-state index is 13.0. The molecule has 1 aromatic carbocycles. The second kappa shape index (κ2) is 3.65. The van der Waals surface area contributed by atoms with E-state index in [4.69, 9.17) is 0 Å². The van der Waals surface area contributed by atoms with Gasteiger partial charge in [-0.2, -0.15) is 0 Å². The molecule has 76 valence electrons. The first-order valence-electron chi connectivity index (χ1n) is 4.48. The Labute approximate surface area is 85.6 Å². The summed E-state index contributed by atoms with van der Waals surface area (Å²) in [5, 5.41) is 0. The van der Waals surface area contributed by atoms with Gasteiger partial charge in [-0.25, -0.2) is 9.37 Å². The quantitative estimate of drug-likeness (QED) is 0.770. The number of halogens is 1. The highest BCUT2D eigenvalue weighted by molar-refractivity contribution is 5.59. The molecule has 0 atom stereocenters. The molecule has 0 spiro atoms. The molecule has 2 aromatic rings. The van der Waals surface area contributed by atoms with Crippen LogP contribution in [0.15, 0.2) is 35.3 Å². The molecule has 0 saturated heterocycles. The number of rotatable bonds is 1. The third-order valence-electron chi connectivity index (χ3n) is 2.13. The lowest BCUT2D eigenvalue weighted by atomic mass is 10.1. The lowest BCUT2D eigenvalue weighted by Gasteiger charge is -2.03. The largest absolute Gasteiger partial charge is 0.307 e. The Bertz CT molecular complexity index is 548. The Kier molecular flexibility index (Phi) is 2.33. The van der Waals surface area contributed by atoms with Gasteiger partial charge < -0.3 is 4.98 Å². The molecule has 4 heteroatoms. The highest BCUT2D eigenvalue weighted by Crippen LogP contribution is 2.19. The first-order valence-corrected chi connectivity index (χ1v) is 4.48. The zero-order chi connectivity index (χ0) is 10.8. The van der Waals surface area contributed by atoms with Crippen molar-refractivity contribution in [2.45, 2.75) is 6.92 Å². The van der Waals surface area contributed by atoms with Crippen molar-refractivity contribution < 1.29 is 4.39 Å². The highest BCUT2D eigenvalue weighted by atomic mass is 19.1. The molecule has 0 aliphatic carbocycles. The minimum absolute atomic E-state index is 0.247. The van der Waals surface area contributed by atoms with Crippen LogP contribution in [0.25, 0.3) is 11.4 Å². The van der Waals surface area contributed by atoms with Crippen LogP contribution in [0.5, 0.6) is 0 Å². The van der Waals surface area contributed by atoms with E-state index in [1.807, 2.05) is 6.92 Å². The van der Waals surface area contributed by atoms with Crippen molar-refractivity contribution in [3.63, 3.8) is 0 Å². The van der Waals surface area contributed by atoms with Gasteiger partial charge in [0, 0.05) is 17.8 Å². The summed E-state index contributed by atoms with van der Waals surface area (Å²) in [6.45, 7) is 1.84. The summed E-state index contributed by atoms with van der Waals surface area (Å²) < 4.78 is 13.0. The van der Waals surface area contributed by atoms with Gasteiger partial charge in [0.1, 0.15) is 11.6 Å². The zero-order valence-corrected chi connectivity index (χ0v) is 8.12. The number of nitrogens with zero attached hydrogens (tertiary/aromatic N) is 1. The monoisotopic (exact) mass is 204 g/mol. The average molecular weight is 204 g/mol. The first kappa shape index (κ1) is 9.58. The number of aromatic nitrogens is 2. The summed E-state index contributed by atoms with van der Waals surface area (Å²) in [5.74, 6) is 0.0432. The van der Waals surface area contributed by atoms with E-state index in [1.165, 1.54) is 24.4 Å². The van der Waals surface area contributed by atoms with E-state index in [9.17, 15) is 9.18 Å². The number of hydrogen-bond acceptors (Lipinski definition) is 2. The molecule has 3 nitrogen and oxygen atoms in total. The number of nitrogens with one attached hydrogen (secondary N) is 1. The fourth-order valence-electron chi connectivity index (χ4n) is 1.36. The van der Waals surface area contributed by atoms with Gasteiger partial charge in [-0.05, 0) is 24.6 Å². The standard InChI is InChI=1S/C11H9FN2O/c1-7-2-3-8(12)6-9(7)11-13-5-4-10(15)14-11/h2-6H,1H3,(H,13,14,15). The lowest BCUT2D eigenvalue weighted by Crippen LogP contribution is -2.06. The molecule has 2 rings (SSSR count). The van der Waals surface area contributed by atoms with Crippen LogP contribution in [0.4, 0.5) is 4.39 Å². The van der Waals surface area contributed by atoms with Gasteiger partial charge >= 0.3 is 0 Å². The summed E-state index contributed by atoms with van der Waals surface area (Å²) in [6.07, 6.45) is 1.40. The third-order valence-corrected chi connectivity index (χ3v) is 2.13. The minimum Gasteiger partial charge on any atom is -0.307 e. The Morgan fingerprint density at radius 3 is 2.87 bits per heavy atom. The molecule has 0 unspecified atom stereocenters. The molecule has 0 amide bonds. The van der Waals surface area contributed by atoms with Gasteiger partial charge in [-0.15, -0.1) is 0 Å². The molecule has 1 N–H and O–H groups in total. The fraction of sp³-hybridized carbons (Fsp3) is 0.0909. The predicted molar refractivity (Wildman–Crippen MR) is 55.0 cm³/mol. The Morgan fingerprint density at radius 2 is 2.13 bits per heavy atom. The highest BCUT2D eigenvalue weighted by Gasteiger charge is 2.05. The van der Waals surface area contributed by atoms with Crippen LogP contribution in [0.3, 0.4) is 0 Å². The van der Waals surface area contributed by atoms with Crippen LogP contribution in [0.2, 0.25) is 0 Å². The van der Waals surface area contributed by atoms with Gasteiger partial charge in [0.15, 0.2) is 0 Å². The molecule has 0 aliphatic rings. The Balaban J connectivity index is 2.63. The van der Waals surface area contributed by atoms with Gasteiger partial charge in [0.25, 0.3) is 5.56 Å². The molecule has 1 aromatic heterocycles. The number of aryl methyl sites for hydroxylation is 1. The van der Waals surface area contributed by atoms with Gasteiger partial charge in [0.05, 0.1) is 0 Å². The molecular formula is C11H9FN2O. The van der Waals surface area contributed by atoms with Crippen LogP contribution in [-0.2, 0) is 0 Å². The molecule has 15 heavy (non-hydrogen) atoms. The number of hydrogen-bond donors (Lipinski definition) is 1. The van der Waals surface area contributed by atoms with Crippen LogP contribution in [0.1, 0.15) is 5.56 Å². The number of H-pyrrole nitrogens is 1. The summed E-state index contributed by atoms with van der Waals surface area (Å²) >= 11 is 0. The maximum absolute atomic E-state index is 13.0. The molecule has 0 bridgehead atoms. The second-order valence-corrected chi connectivity index (χ2v) is 3.24. The van der Waals surface area contributed by atoms with Crippen molar-refractivity contribution in [3.8, 4) is 11.4 Å². The van der Waals surface area contributed by atoms with Crippen LogP contribution < -0.4 is 5.56 Å². The average Bonchev–Trinajstić information content (AvgIpc) is 2.22. The van der Waals surface area contributed by atoms with Crippen LogP contribution >= 0.6 is 0 Å². The summed E-state index contributed by atoms with van der Waals surface area (Å²) in [7, 11) is 0. The third kappa shape index (κ3) is 1.93. The van der Waals surface area contributed by atoms with Crippen molar-refractivity contribution in [2.24, 2.45) is 0 Å². The zero-order valence-electron chi connectivity index (χ0n) is 8.12. The van der Waals surface area contributed by atoms with Crippen molar-refractivity contribution in [3.05, 3.63) is 52.2 Å². The number of aromatic amines is 1. The van der Waals surface area contributed by atoms with E-state index >= 15 is 0 Å². The van der Waals surface area contributed by atoms with E-state index in [0.29, 0.717) is 11.4 Å². The molecule has 0 aliphatic heterocycles. The van der Waals surface area contributed by atoms with Gasteiger partial charge in [-0.1, -0.05) is 6.07 Å². The van der Waals surface area contributed by atoms with Crippen LogP contribution in [0, 0.1) is 12.7 Å². The molecule has 1 heterocycles. The van der Waals surface area contributed by atoms with E-state index in [2.05, 4.69) is 9.97 Å². The molecule has 0 radical (unpaired) electrons. The summed E-state index contributed by atoms with van der Waals surface area (Å²) in [5.41, 5.74) is 1.22. The van der Waals surface area contributed by atoms with Gasteiger partial charge in [0.2, 0.25) is 0 Å². The number of benzene rings is 1. The van der Waals surface area contributed by atoms with Crippen molar-refractivity contribution in [2.75, 3.05) is 0 Å². The lowest BCUT2D eigenvalue weighted by molar-refractivity contribution is 0.627. The smallest absolute Gasteiger partial charge is 0.251 e. The predicted octanol–water partition coefficient (Wildman–Crippen LogP) is 1.88. The Hall–Kier alpha value is -1.97. The van der Waals surface area contributed by atoms with E-state index in [0.717, 1.165) is 5.56 Å². The normalized spacial score (nSPS) is 10.3. The van der Waals surface area contributed by atoms with Crippen molar-refractivity contribution in [1.82, 2.24) is 9.97 Å². The van der Waals surface area contributed by atoms with E-state index < -0.39 is 0 Å². The second-order valence-electron chi connectivity index (χ2n) is 3.24. The minimum atomic E-state index is -0.345. The van der Waals surface area contributed by atoms with E-state index in [-0.39, 0.29) is 11.4 Å². The van der Waals surface area contributed by atoms with Crippen molar-refractivity contribution >= 4 is 0 Å². The van der Waals surface area contributed by atoms with Gasteiger partial charge in [-0.3, -0.25) is 4.79 Å².